The summed E-state index contributed by atoms with van der Waals surface area (Å²) in [4.78, 5) is 27.3. The van der Waals surface area contributed by atoms with Crippen molar-refractivity contribution in [2.75, 3.05) is 27.4 Å². The van der Waals surface area contributed by atoms with E-state index in [4.69, 9.17) is 9.47 Å². The highest BCUT2D eigenvalue weighted by Crippen LogP contribution is 2.40. The van der Waals surface area contributed by atoms with E-state index < -0.39 is 17.7 Å². The average molecular weight is 474 g/mol. The van der Waals surface area contributed by atoms with Gasteiger partial charge < -0.3 is 19.5 Å². The third-order valence-electron chi connectivity index (χ3n) is 5.14. The number of benzene rings is 2. The van der Waals surface area contributed by atoms with Crippen LogP contribution in [0.1, 0.15) is 29.2 Å². The molecule has 1 fully saturated rings. The first-order valence-corrected chi connectivity index (χ1v) is 10.4. The Labute approximate surface area is 184 Å². The first kappa shape index (κ1) is 22.1. The van der Waals surface area contributed by atoms with E-state index in [-0.39, 0.29) is 11.3 Å². The smallest absolute Gasteiger partial charge is 0.295 e. The van der Waals surface area contributed by atoms with Crippen LogP contribution in [0.5, 0.6) is 5.75 Å². The van der Waals surface area contributed by atoms with Gasteiger partial charge in [0.1, 0.15) is 11.5 Å². The SMILES string of the molecule is COCCCN1C(=O)C(=O)/C(=C(/O)c2ccc(OC)c(C)c2)[C@H]1c1ccc(Br)cc1. The van der Waals surface area contributed by atoms with E-state index in [0.29, 0.717) is 30.9 Å². The highest BCUT2D eigenvalue weighted by Gasteiger charge is 2.45. The van der Waals surface area contributed by atoms with E-state index in [2.05, 4.69) is 15.9 Å². The molecule has 1 aliphatic heterocycles. The number of hydrogen-bond acceptors (Lipinski definition) is 5. The molecule has 7 heteroatoms. The van der Waals surface area contributed by atoms with Gasteiger partial charge in [0.25, 0.3) is 11.7 Å². The third-order valence-corrected chi connectivity index (χ3v) is 5.67. The van der Waals surface area contributed by atoms with Gasteiger partial charge in [0.15, 0.2) is 0 Å². The molecule has 0 saturated carbocycles. The molecule has 1 atom stereocenters. The number of halogens is 1. The number of nitrogens with zero attached hydrogens (tertiary/aromatic N) is 1. The highest BCUT2D eigenvalue weighted by atomic mass is 79.9. The van der Waals surface area contributed by atoms with Gasteiger partial charge in [0, 0.05) is 30.3 Å². The highest BCUT2D eigenvalue weighted by molar-refractivity contribution is 9.10. The van der Waals surface area contributed by atoms with Crippen molar-refractivity contribution in [3.63, 3.8) is 0 Å². The van der Waals surface area contributed by atoms with Crippen LogP contribution in [0, 0.1) is 6.92 Å². The molecule has 2 aromatic carbocycles. The lowest BCUT2D eigenvalue weighted by Crippen LogP contribution is -2.31. The van der Waals surface area contributed by atoms with Crippen molar-refractivity contribution < 1.29 is 24.2 Å². The first-order chi connectivity index (χ1) is 14.4. The summed E-state index contributed by atoms with van der Waals surface area (Å²) in [6, 6.07) is 11.9. The van der Waals surface area contributed by atoms with Crippen molar-refractivity contribution in [1.82, 2.24) is 4.90 Å². The molecule has 0 aromatic heterocycles. The molecule has 0 radical (unpaired) electrons. The Morgan fingerprint density at radius 2 is 1.83 bits per heavy atom. The number of aliphatic hydroxyl groups excluding tert-OH is 1. The summed E-state index contributed by atoms with van der Waals surface area (Å²) in [5.74, 6) is -0.825. The normalized spacial score (nSPS) is 18.1. The van der Waals surface area contributed by atoms with Crippen LogP contribution in [0.3, 0.4) is 0 Å². The second-order valence-electron chi connectivity index (χ2n) is 7.07. The Morgan fingerprint density at radius 3 is 2.43 bits per heavy atom. The summed E-state index contributed by atoms with van der Waals surface area (Å²) >= 11 is 3.41. The number of Topliss-reactive ketones (excluding diaryl/α,β-unsaturated/α-hetero) is 1. The molecular formula is C23H24BrNO5. The predicted molar refractivity (Wildman–Crippen MR) is 117 cm³/mol. The topological polar surface area (TPSA) is 76.1 Å². The van der Waals surface area contributed by atoms with E-state index in [9.17, 15) is 14.7 Å². The molecule has 6 nitrogen and oxygen atoms in total. The number of aryl methyl sites for hydroxylation is 1. The van der Waals surface area contributed by atoms with Crippen molar-refractivity contribution in [2.24, 2.45) is 0 Å². The van der Waals surface area contributed by atoms with Gasteiger partial charge in [-0.3, -0.25) is 9.59 Å². The Hall–Kier alpha value is -2.64. The largest absolute Gasteiger partial charge is 0.507 e. The second-order valence-corrected chi connectivity index (χ2v) is 7.99. The molecule has 3 rings (SSSR count). The summed E-state index contributed by atoms with van der Waals surface area (Å²) in [6.45, 7) is 2.66. The lowest BCUT2D eigenvalue weighted by Gasteiger charge is -2.25. The van der Waals surface area contributed by atoms with E-state index in [1.165, 1.54) is 4.90 Å². The van der Waals surface area contributed by atoms with Gasteiger partial charge in [0.05, 0.1) is 18.7 Å². The maximum absolute atomic E-state index is 12.9. The molecule has 0 bridgehead atoms. The number of carbonyl (C=O) groups is 2. The Kier molecular flexibility index (Phi) is 6.95. The fraction of sp³-hybridized carbons (Fsp3) is 0.304. The molecule has 1 heterocycles. The summed E-state index contributed by atoms with van der Waals surface area (Å²) in [5, 5.41) is 11.1. The standard InChI is InChI=1S/C23H24BrNO5/c1-14-13-16(7-10-18(14)30-3)21(26)19-20(15-5-8-17(24)9-6-15)25(11-4-12-29-2)23(28)22(19)27/h5-10,13,20,26H,4,11-12H2,1-3H3/b21-19+/t20-/m1/s1. The number of rotatable bonds is 7. The van der Waals surface area contributed by atoms with Crippen LogP contribution in [-0.2, 0) is 14.3 Å². The van der Waals surface area contributed by atoms with Gasteiger partial charge in [0.2, 0.25) is 0 Å². The lowest BCUT2D eigenvalue weighted by atomic mass is 9.95. The Bertz CT molecular complexity index is 984. The monoisotopic (exact) mass is 473 g/mol. The van der Waals surface area contributed by atoms with Crippen molar-refractivity contribution in [1.29, 1.82) is 0 Å². The summed E-state index contributed by atoms with van der Waals surface area (Å²) < 4.78 is 11.3. The summed E-state index contributed by atoms with van der Waals surface area (Å²) in [7, 11) is 3.16. The number of methoxy groups -OCH3 is 2. The third kappa shape index (κ3) is 4.27. The molecule has 1 N–H and O–H groups in total. The van der Waals surface area contributed by atoms with E-state index in [0.717, 1.165) is 15.6 Å². The fourth-order valence-electron chi connectivity index (χ4n) is 3.66. The van der Waals surface area contributed by atoms with Gasteiger partial charge in [-0.05, 0) is 54.8 Å². The van der Waals surface area contributed by atoms with Crippen molar-refractivity contribution in [2.45, 2.75) is 19.4 Å². The zero-order chi connectivity index (χ0) is 21.8. The number of ether oxygens (including phenoxy) is 2. The lowest BCUT2D eigenvalue weighted by molar-refractivity contribution is -0.140. The van der Waals surface area contributed by atoms with E-state index in [1.807, 2.05) is 31.2 Å². The van der Waals surface area contributed by atoms with E-state index in [1.54, 1.807) is 32.4 Å². The molecule has 30 heavy (non-hydrogen) atoms. The van der Waals surface area contributed by atoms with Gasteiger partial charge in [-0.25, -0.2) is 0 Å². The maximum Gasteiger partial charge on any atom is 0.295 e. The van der Waals surface area contributed by atoms with Gasteiger partial charge >= 0.3 is 0 Å². The average Bonchev–Trinajstić information content (AvgIpc) is 2.99. The Balaban J connectivity index is 2.12. The molecule has 1 saturated heterocycles. The second kappa shape index (κ2) is 9.45. The minimum absolute atomic E-state index is 0.0873. The van der Waals surface area contributed by atoms with Crippen molar-refractivity contribution in [3.8, 4) is 5.75 Å². The number of ketones is 1. The number of aliphatic hydroxyl groups is 1. The van der Waals surface area contributed by atoms with Gasteiger partial charge in [-0.2, -0.15) is 0 Å². The number of hydrogen-bond donors (Lipinski definition) is 1. The number of carbonyl (C=O) groups excluding carboxylic acids is 2. The minimum Gasteiger partial charge on any atom is -0.507 e. The predicted octanol–water partition coefficient (Wildman–Crippen LogP) is 4.22. The molecular weight excluding hydrogens is 450 g/mol. The molecule has 1 amide bonds. The van der Waals surface area contributed by atoms with Crippen LogP contribution in [0.15, 0.2) is 52.5 Å². The van der Waals surface area contributed by atoms with Crippen LogP contribution in [0.4, 0.5) is 0 Å². The van der Waals surface area contributed by atoms with Crippen LogP contribution in [0.25, 0.3) is 5.76 Å². The van der Waals surface area contributed by atoms with Crippen LogP contribution in [-0.4, -0.2) is 49.1 Å². The van der Waals surface area contributed by atoms with Crippen LogP contribution in [0.2, 0.25) is 0 Å². The molecule has 0 aliphatic carbocycles. The molecule has 158 valence electrons. The Morgan fingerprint density at radius 1 is 1.13 bits per heavy atom. The molecule has 1 aliphatic rings. The van der Waals surface area contributed by atoms with Crippen LogP contribution >= 0.6 is 15.9 Å². The minimum atomic E-state index is -0.689. The fourth-order valence-corrected chi connectivity index (χ4v) is 3.93. The van der Waals surface area contributed by atoms with E-state index >= 15 is 0 Å². The van der Waals surface area contributed by atoms with Gasteiger partial charge in [-0.1, -0.05) is 28.1 Å². The summed E-state index contributed by atoms with van der Waals surface area (Å²) in [5.41, 5.74) is 2.12. The quantitative estimate of drug-likeness (QED) is 0.282. The number of likely N-dealkylation sites (tertiary alicyclic amines) is 1. The maximum atomic E-state index is 12.9. The first-order valence-electron chi connectivity index (χ1n) is 9.56. The number of amides is 1. The zero-order valence-corrected chi connectivity index (χ0v) is 18.7. The van der Waals surface area contributed by atoms with Crippen molar-refractivity contribution in [3.05, 3.63) is 69.2 Å². The van der Waals surface area contributed by atoms with Gasteiger partial charge in [-0.15, -0.1) is 0 Å². The molecule has 0 spiro atoms. The van der Waals surface area contributed by atoms with Crippen LogP contribution < -0.4 is 4.74 Å². The summed E-state index contributed by atoms with van der Waals surface area (Å²) in [6.07, 6.45) is 0.582. The zero-order valence-electron chi connectivity index (χ0n) is 17.1. The molecule has 2 aromatic rings. The molecule has 0 unspecified atom stereocenters. The van der Waals surface area contributed by atoms with Crippen molar-refractivity contribution >= 4 is 33.4 Å².